The number of hydrogen-bond acceptors (Lipinski definition) is 2. The molecule has 0 aliphatic carbocycles. The topological polar surface area (TPSA) is 35.6 Å². The molecule has 6 aromatic rings. The lowest BCUT2D eigenvalue weighted by molar-refractivity contribution is 0.601. The van der Waals surface area contributed by atoms with Gasteiger partial charge in [0.05, 0.1) is 22.1 Å². The summed E-state index contributed by atoms with van der Waals surface area (Å²) >= 11 is 13.1. The van der Waals surface area contributed by atoms with Crippen molar-refractivity contribution in [3.8, 4) is 0 Å². The number of benzene rings is 4. The molecular weight excluding hydrogens is 415 g/mol. The fourth-order valence-corrected chi connectivity index (χ4v) is 4.81. The van der Waals surface area contributed by atoms with E-state index in [1.165, 1.54) is 0 Å². The molecule has 0 radical (unpaired) electrons. The molecule has 6 rings (SSSR count). The number of imidazole rings is 2. The Morgan fingerprint density at radius 2 is 1.00 bits per heavy atom. The second-order valence-electron chi connectivity index (χ2n) is 7.37. The molecule has 4 nitrogen and oxygen atoms in total. The molecule has 0 saturated carbocycles. The first-order valence-electron chi connectivity index (χ1n) is 9.78. The molecule has 0 spiro atoms. The SMILES string of the molecule is Clc1nc2c3ccccc3ccc2n1CCn1c(Cl)nc2c3ccccc3ccc21. The number of rotatable bonds is 3. The number of aryl methyl sites for hydroxylation is 2. The Morgan fingerprint density at radius 1 is 0.567 bits per heavy atom. The van der Waals surface area contributed by atoms with E-state index in [2.05, 4.69) is 58.5 Å². The summed E-state index contributed by atoms with van der Waals surface area (Å²) < 4.78 is 4.07. The maximum atomic E-state index is 6.54. The zero-order valence-electron chi connectivity index (χ0n) is 15.9. The van der Waals surface area contributed by atoms with Gasteiger partial charge in [-0.3, -0.25) is 0 Å². The molecular formula is C24H16Cl2N4. The summed E-state index contributed by atoms with van der Waals surface area (Å²) in [4.78, 5) is 9.27. The van der Waals surface area contributed by atoms with Crippen molar-refractivity contribution in [3.63, 3.8) is 0 Å². The van der Waals surface area contributed by atoms with Crippen molar-refractivity contribution in [1.29, 1.82) is 0 Å². The predicted octanol–water partition coefficient (Wildman–Crippen LogP) is 6.70. The summed E-state index contributed by atoms with van der Waals surface area (Å²) in [5.41, 5.74) is 3.88. The Bertz CT molecular complexity index is 1460. The highest BCUT2D eigenvalue weighted by Gasteiger charge is 2.15. The molecule has 0 amide bonds. The predicted molar refractivity (Wildman–Crippen MR) is 124 cm³/mol. The van der Waals surface area contributed by atoms with Gasteiger partial charge in [0.25, 0.3) is 0 Å². The summed E-state index contributed by atoms with van der Waals surface area (Å²) in [5.74, 6) is 0. The summed E-state index contributed by atoms with van der Waals surface area (Å²) in [6.07, 6.45) is 0. The second kappa shape index (κ2) is 6.73. The average Bonchev–Trinajstić information content (AvgIpc) is 3.28. The lowest BCUT2D eigenvalue weighted by Crippen LogP contribution is -2.07. The Hall–Kier alpha value is -3.08. The first kappa shape index (κ1) is 17.8. The first-order valence-corrected chi connectivity index (χ1v) is 10.5. The molecule has 0 bridgehead atoms. The molecule has 2 heterocycles. The molecule has 0 fully saturated rings. The minimum Gasteiger partial charge on any atom is -0.313 e. The molecule has 0 unspecified atom stereocenters. The van der Waals surface area contributed by atoms with Crippen LogP contribution in [-0.2, 0) is 13.1 Å². The van der Waals surface area contributed by atoms with Crippen LogP contribution >= 0.6 is 23.2 Å². The summed E-state index contributed by atoms with van der Waals surface area (Å²) in [6.45, 7) is 1.29. The molecule has 2 aromatic heterocycles. The third kappa shape index (κ3) is 2.61. The van der Waals surface area contributed by atoms with E-state index in [1.54, 1.807) is 0 Å². The fraction of sp³-hybridized carbons (Fsp3) is 0.0833. The van der Waals surface area contributed by atoms with Crippen LogP contribution in [0.15, 0.2) is 72.8 Å². The van der Waals surface area contributed by atoms with E-state index >= 15 is 0 Å². The molecule has 0 saturated heterocycles. The van der Waals surface area contributed by atoms with Gasteiger partial charge < -0.3 is 9.13 Å². The molecule has 146 valence electrons. The van der Waals surface area contributed by atoms with Crippen LogP contribution in [-0.4, -0.2) is 19.1 Å². The van der Waals surface area contributed by atoms with Crippen molar-refractivity contribution in [2.75, 3.05) is 0 Å². The van der Waals surface area contributed by atoms with Gasteiger partial charge in [-0.15, -0.1) is 0 Å². The summed E-state index contributed by atoms with van der Waals surface area (Å²) in [6, 6.07) is 24.8. The van der Waals surface area contributed by atoms with Gasteiger partial charge in [0.2, 0.25) is 10.6 Å². The van der Waals surface area contributed by atoms with Gasteiger partial charge in [-0.25, -0.2) is 9.97 Å². The Kier molecular flexibility index (Phi) is 3.98. The van der Waals surface area contributed by atoms with Gasteiger partial charge in [0.1, 0.15) is 0 Å². The van der Waals surface area contributed by atoms with Gasteiger partial charge in [0.15, 0.2) is 0 Å². The van der Waals surface area contributed by atoms with Crippen molar-refractivity contribution in [2.45, 2.75) is 13.1 Å². The molecule has 0 N–H and O–H groups in total. The Labute approximate surface area is 182 Å². The Morgan fingerprint density at radius 3 is 1.47 bits per heavy atom. The zero-order chi connectivity index (χ0) is 20.2. The smallest absolute Gasteiger partial charge is 0.203 e. The van der Waals surface area contributed by atoms with Gasteiger partial charge in [-0.2, -0.15) is 0 Å². The van der Waals surface area contributed by atoms with E-state index in [-0.39, 0.29) is 0 Å². The van der Waals surface area contributed by atoms with Gasteiger partial charge in [-0.05, 0) is 46.1 Å². The van der Waals surface area contributed by atoms with Crippen molar-refractivity contribution in [2.24, 2.45) is 0 Å². The average molecular weight is 431 g/mol. The first-order chi connectivity index (χ1) is 14.7. The van der Waals surface area contributed by atoms with E-state index in [1.807, 2.05) is 33.4 Å². The van der Waals surface area contributed by atoms with E-state index < -0.39 is 0 Å². The van der Waals surface area contributed by atoms with Crippen LogP contribution in [0.5, 0.6) is 0 Å². The molecule has 0 atom stereocenters. The number of fused-ring (bicyclic) bond motifs is 6. The van der Waals surface area contributed by atoms with Crippen LogP contribution in [0.2, 0.25) is 10.6 Å². The number of hydrogen-bond donors (Lipinski definition) is 0. The molecule has 4 aromatic carbocycles. The number of nitrogens with zero attached hydrogens (tertiary/aromatic N) is 4. The fourth-order valence-electron chi connectivity index (χ4n) is 4.29. The van der Waals surface area contributed by atoms with Crippen LogP contribution in [0, 0.1) is 0 Å². The quantitative estimate of drug-likeness (QED) is 0.313. The normalized spacial score (nSPS) is 11.9. The monoisotopic (exact) mass is 430 g/mol. The third-order valence-electron chi connectivity index (χ3n) is 5.74. The van der Waals surface area contributed by atoms with Crippen LogP contribution in [0.4, 0.5) is 0 Å². The second-order valence-corrected chi connectivity index (χ2v) is 8.05. The minimum atomic E-state index is 0.479. The van der Waals surface area contributed by atoms with Crippen LogP contribution in [0.3, 0.4) is 0 Å². The highest BCUT2D eigenvalue weighted by Crippen LogP contribution is 2.30. The van der Waals surface area contributed by atoms with Gasteiger partial charge in [0, 0.05) is 23.9 Å². The minimum absolute atomic E-state index is 0.479. The molecule has 0 aliphatic rings. The largest absolute Gasteiger partial charge is 0.313 e. The van der Waals surface area contributed by atoms with Crippen molar-refractivity contribution >= 4 is 66.8 Å². The van der Waals surface area contributed by atoms with Crippen LogP contribution < -0.4 is 0 Å². The maximum absolute atomic E-state index is 6.54. The van der Waals surface area contributed by atoms with E-state index in [9.17, 15) is 0 Å². The lowest BCUT2D eigenvalue weighted by Gasteiger charge is -2.09. The number of halogens is 2. The zero-order valence-corrected chi connectivity index (χ0v) is 17.4. The van der Waals surface area contributed by atoms with Crippen molar-refractivity contribution in [3.05, 3.63) is 83.4 Å². The lowest BCUT2D eigenvalue weighted by atomic mass is 10.1. The standard InChI is InChI=1S/C24H16Cl2N4/c25-23-27-21-17-7-3-1-5-15(17)9-11-19(21)29(23)13-14-30-20-12-10-16-6-2-4-8-18(16)22(20)28-24(30)26/h1-12H,13-14H2. The summed E-state index contributed by atoms with van der Waals surface area (Å²) in [7, 11) is 0. The molecule has 0 aliphatic heterocycles. The maximum Gasteiger partial charge on any atom is 0.203 e. The molecule has 30 heavy (non-hydrogen) atoms. The van der Waals surface area contributed by atoms with Crippen molar-refractivity contribution < 1.29 is 0 Å². The van der Waals surface area contributed by atoms with E-state index in [4.69, 9.17) is 23.2 Å². The van der Waals surface area contributed by atoms with E-state index in [0.29, 0.717) is 23.7 Å². The highest BCUT2D eigenvalue weighted by molar-refractivity contribution is 6.30. The van der Waals surface area contributed by atoms with Crippen LogP contribution in [0.25, 0.3) is 43.6 Å². The Balaban J connectivity index is 1.44. The number of aromatic nitrogens is 4. The highest BCUT2D eigenvalue weighted by atomic mass is 35.5. The molecule has 6 heteroatoms. The third-order valence-corrected chi connectivity index (χ3v) is 6.32. The van der Waals surface area contributed by atoms with Gasteiger partial charge >= 0.3 is 0 Å². The van der Waals surface area contributed by atoms with E-state index in [0.717, 1.165) is 43.6 Å². The summed E-state index contributed by atoms with van der Waals surface area (Å²) in [5, 5.41) is 5.48. The van der Waals surface area contributed by atoms with Crippen LogP contribution in [0.1, 0.15) is 0 Å². The van der Waals surface area contributed by atoms with Gasteiger partial charge in [-0.1, -0.05) is 60.7 Å². The van der Waals surface area contributed by atoms with Crippen molar-refractivity contribution in [1.82, 2.24) is 19.1 Å².